The molecule has 0 aromatic heterocycles. The highest BCUT2D eigenvalue weighted by atomic mass is 79.9. The number of ether oxygens (including phenoxy) is 1. The number of aromatic carboxylic acids is 1. The minimum Gasteiger partial charge on any atom is -0.488 e. The SMILES string of the molecule is Cc1cccc(COc2ccc(C=C3C(=O)NC(=S)N(c4cccc(C(=O)O)c4)C3=O)cc2Br)c1. The lowest BCUT2D eigenvalue weighted by Gasteiger charge is -2.29. The summed E-state index contributed by atoms with van der Waals surface area (Å²) in [5.41, 5.74) is 2.86. The number of carboxylic acid groups (broad SMARTS) is 1. The van der Waals surface area contributed by atoms with Crippen LogP contribution in [0.4, 0.5) is 5.69 Å². The predicted octanol–water partition coefficient (Wildman–Crippen LogP) is 4.87. The van der Waals surface area contributed by atoms with E-state index in [-0.39, 0.29) is 21.9 Å². The molecule has 176 valence electrons. The van der Waals surface area contributed by atoms with Crippen LogP contribution in [0.25, 0.3) is 6.08 Å². The Morgan fingerprint density at radius 3 is 2.60 bits per heavy atom. The molecule has 2 N–H and O–H groups in total. The van der Waals surface area contributed by atoms with Crippen molar-refractivity contribution >= 4 is 62.8 Å². The summed E-state index contributed by atoms with van der Waals surface area (Å²) in [7, 11) is 0. The molecular formula is C26H19BrN2O5S. The zero-order valence-corrected chi connectivity index (χ0v) is 20.9. The van der Waals surface area contributed by atoms with Gasteiger partial charge in [0, 0.05) is 0 Å². The molecule has 0 bridgehead atoms. The summed E-state index contributed by atoms with van der Waals surface area (Å²) in [4.78, 5) is 38.2. The number of nitrogens with one attached hydrogen (secondary N) is 1. The number of hydrogen-bond donors (Lipinski definition) is 2. The van der Waals surface area contributed by atoms with Gasteiger partial charge >= 0.3 is 5.97 Å². The number of carbonyl (C=O) groups excluding carboxylic acids is 2. The third kappa shape index (κ3) is 5.47. The van der Waals surface area contributed by atoms with E-state index in [1.54, 1.807) is 24.3 Å². The molecule has 1 aliphatic rings. The van der Waals surface area contributed by atoms with Gasteiger partial charge in [0.1, 0.15) is 17.9 Å². The number of benzene rings is 3. The molecule has 4 rings (SSSR count). The summed E-state index contributed by atoms with van der Waals surface area (Å²) in [6.45, 7) is 2.41. The van der Waals surface area contributed by atoms with Gasteiger partial charge in [-0.15, -0.1) is 0 Å². The lowest BCUT2D eigenvalue weighted by Crippen LogP contribution is -2.54. The molecule has 1 fully saturated rings. The number of nitrogens with zero attached hydrogens (tertiary/aromatic N) is 1. The standard InChI is InChI=1S/C26H19BrN2O5S/c1-15-4-2-5-17(10-15)14-34-22-9-8-16(12-21(22)27)11-20-23(30)28-26(35)29(24(20)31)19-7-3-6-18(13-19)25(32)33/h2-13H,14H2,1H3,(H,32,33)(H,28,30,35). The van der Waals surface area contributed by atoms with Crippen LogP contribution in [-0.2, 0) is 16.2 Å². The van der Waals surface area contributed by atoms with Gasteiger partial charge in [-0.3, -0.25) is 19.8 Å². The highest BCUT2D eigenvalue weighted by molar-refractivity contribution is 9.10. The van der Waals surface area contributed by atoms with Crippen LogP contribution < -0.4 is 15.0 Å². The lowest BCUT2D eigenvalue weighted by molar-refractivity contribution is -0.122. The molecule has 9 heteroatoms. The van der Waals surface area contributed by atoms with Gasteiger partial charge in [0.25, 0.3) is 11.8 Å². The maximum absolute atomic E-state index is 13.2. The Bertz CT molecular complexity index is 1400. The molecule has 3 aromatic carbocycles. The summed E-state index contributed by atoms with van der Waals surface area (Å²) in [5.74, 6) is -1.82. The summed E-state index contributed by atoms with van der Waals surface area (Å²) in [6.07, 6.45) is 1.45. The maximum Gasteiger partial charge on any atom is 0.335 e. The smallest absolute Gasteiger partial charge is 0.335 e. The van der Waals surface area contributed by atoms with Crippen molar-refractivity contribution in [2.24, 2.45) is 0 Å². The Morgan fingerprint density at radius 1 is 1.11 bits per heavy atom. The van der Waals surface area contributed by atoms with E-state index in [1.807, 2.05) is 31.2 Å². The molecule has 3 aromatic rings. The van der Waals surface area contributed by atoms with E-state index in [1.165, 1.54) is 24.3 Å². The fraction of sp³-hybridized carbons (Fsp3) is 0.0769. The number of anilines is 1. The normalized spacial score (nSPS) is 14.7. The third-order valence-electron chi connectivity index (χ3n) is 5.20. The van der Waals surface area contributed by atoms with E-state index >= 15 is 0 Å². The van der Waals surface area contributed by atoms with Gasteiger partial charge in [-0.2, -0.15) is 0 Å². The number of aryl methyl sites for hydroxylation is 1. The Balaban J connectivity index is 1.58. The number of carboxylic acids is 1. The van der Waals surface area contributed by atoms with Gasteiger partial charge in [0.2, 0.25) is 0 Å². The van der Waals surface area contributed by atoms with E-state index in [2.05, 4.69) is 21.2 Å². The quantitative estimate of drug-likeness (QED) is 0.258. The van der Waals surface area contributed by atoms with Crippen molar-refractivity contribution in [3.05, 3.63) is 99.0 Å². The van der Waals surface area contributed by atoms with Crippen LogP contribution in [0.1, 0.15) is 27.0 Å². The number of hydrogen-bond acceptors (Lipinski definition) is 5. The average molecular weight is 551 g/mol. The van der Waals surface area contributed by atoms with Crippen LogP contribution in [-0.4, -0.2) is 28.0 Å². The first-order valence-corrected chi connectivity index (χ1v) is 11.7. The van der Waals surface area contributed by atoms with E-state index in [4.69, 9.17) is 17.0 Å². The number of halogens is 1. The monoisotopic (exact) mass is 550 g/mol. The highest BCUT2D eigenvalue weighted by Gasteiger charge is 2.34. The van der Waals surface area contributed by atoms with E-state index in [0.717, 1.165) is 16.0 Å². The van der Waals surface area contributed by atoms with Crippen molar-refractivity contribution in [1.82, 2.24) is 5.32 Å². The molecule has 0 atom stereocenters. The van der Waals surface area contributed by atoms with Crippen LogP contribution in [0.2, 0.25) is 0 Å². The Labute approximate surface area is 215 Å². The molecule has 7 nitrogen and oxygen atoms in total. The van der Waals surface area contributed by atoms with Crippen molar-refractivity contribution in [2.45, 2.75) is 13.5 Å². The lowest BCUT2D eigenvalue weighted by atomic mass is 10.1. The van der Waals surface area contributed by atoms with Gasteiger partial charge in [-0.25, -0.2) is 4.79 Å². The Hall–Kier alpha value is -3.82. The zero-order valence-electron chi connectivity index (χ0n) is 18.4. The second-order valence-corrected chi connectivity index (χ2v) is 9.02. The van der Waals surface area contributed by atoms with Gasteiger partial charge in [0.15, 0.2) is 5.11 Å². The van der Waals surface area contributed by atoms with E-state index < -0.39 is 17.8 Å². The predicted molar refractivity (Wildman–Crippen MR) is 139 cm³/mol. The van der Waals surface area contributed by atoms with E-state index in [9.17, 15) is 19.5 Å². The molecule has 1 saturated heterocycles. The maximum atomic E-state index is 13.2. The van der Waals surface area contributed by atoms with Crippen LogP contribution in [0, 0.1) is 6.92 Å². The number of carbonyl (C=O) groups is 3. The summed E-state index contributed by atoms with van der Waals surface area (Å²) in [5, 5.41) is 11.6. The molecule has 2 amide bonds. The molecule has 1 heterocycles. The second kappa shape index (κ2) is 10.2. The Morgan fingerprint density at radius 2 is 1.89 bits per heavy atom. The topological polar surface area (TPSA) is 95.9 Å². The molecule has 0 spiro atoms. The van der Waals surface area contributed by atoms with Crippen LogP contribution in [0.5, 0.6) is 5.75 Å². The molecule has 35 heavy (non-hydrogen) atoms. The summed E-state index contributed by atoms with van der Waals surface area (Å²) >= 11 is 8.66. The van der Waals surface area contributed by atoms with Crippen LogP contribution >= 0.6 is 28.1 Å². The van der Waals surface area contributed by atoms with Crippen molar-refractivity contribution < 1.29 is 24.2 Å². The largest absolute Gasteiger partial charge is 0.488 e. The number of rotatable bonds is 6. The van der Waals surface area contributed by atoms with Crippen LogP contribution in [0.15, 0.2) is 76.8 Å². The second-order valence-electron chi connectivity index (χ2n) is 7.78. The molecule has 0 saturated carbocycles. The molecule has 0 radical (unpaired) electrons. The fourth-order valence-corrected chi connectivity index (χ4v) is 4.32. The van der Waals surface area contributed by atoms with Crippen molar-refractivity contribution in [2.75, 3.05) is 4.90 Å². The molecule has 0 aliphatic carbocycles. The van der Waals surface area contributed by atoms with Crippen molar-refractivity contribution in [1.29, 1.82) is 0 Å². The van der Waals surface area contributed by atoms with Gasteiger partial charge < -0.3 is 9.84 Å². The fourth-order valence-electron chi connectivity index (χ4n) is 3.52. The zero-order chi connectivity index (χ0) is 25.1. The highest BCUT2D eigenvalue weighted by Crippen LogP contribution is 2.29. The van der Waals surface area contributed by atoms with E-state index in [0.29, 0.717) is 22.4 Å². The number of amides is 2. The Kier molecular flexibility index (Phi) is 7.09. The molecular weight excluding hydrogens is 532 g/mol. The first kappa shape index (κ1) is 24.3. The minimum absolute atomic E-state index is 0.00860. The van der Waals surface area contributed by atoms with Gasteiger partial charge in [0.05, 0.1) is 15.7 Å². The van der Waals surface area contributed by atoms with Gasteiger partial charge in [-0.05, 0) is 82.6 Å². The number of thiocarbonyl (C=S) groups is 1. The molecule has 1 aliphatic heterocycles. The third-order valence-corrected chi connectivity index (χ3v) is 6.10. The molecule has 0 unspecified atom stereocenters. The minimum atomic E-state index is -1.14. The average Bonchev–Trinajstić information content (AvgIpc) is 2.81. The van der Waals surface area contributed by atoms with Crippen LogP contribution in [0.3, 0.4) is 0 Å². The first-order valence-electron chi connectivity index (χ1n) is 10.5. The van der Waals surface area contributed by atoms with Crippen molar-refractivity contribution in [3.63, 3.8) is 0 Å². The summed E-state index contributed by atoms with van der Waals surface area (Å²) in [6, 6.07) is 19.0. The first-order chi connectivity index (χ1) is 16.7. The van der Waals surface area contributed by atoms with Crippen molar-refractivity contribution in [3.8, 4) is 5.75 Å². The van der Waals surface area contributed by atoms with Gasteiger partial charge in [-0.1, -0.05) is 42.0 Å². The summed E-state index contributed by atoms with van der Waals surface area (Å²) < 4.78 is 6.55.